The molecule has 8 nitrogen and oxygen atoms in total. The summed E-state index contributed by atoms with van der Waals surface area (Å²) in [5.74, 6) is 0.0914. The van der Waals surface area contributed by atoms with Crippen LogP contribution in [-0.2, 0) is 9.59 Å². The Morgan fingerprint density at radius 1 is 1.03 bits per heavy atom. The number of anilines is 1. The van der Waals surface area contributed by atoms with Crippen LogP contribution in [0.25, 0.3) is 0 Å². The number of hydrogen-bond acceptors (Lipinski definition) is 5. The zero-order chi connectivity index (χ0) is 21.7. The summed E-state index contributed by atoms with van der Waals surface area (Å²) in [6.45, 7) is 7.24. The zero-order valence-corrected chi connectivity index (χ0v) is 18.2. The van der Waals surface area contributed by atoms with Crippen LogP contribution < -0.4 is 10.6 Å². The van der Waals surface area contributed by atoms with Crippen molar-refractivity contribution in [3.63, 3.8) is 0 Å². The fourth-order valence-electron chi connectivity index (χ4n) is 4.18. The minimum atomic E-state index is -0.352. The van der Waals surface area contributed by atoms with Gasteiger partial charge in [-0.25, -0.2) is 9.97 Å². The van der Waals surface area contributed by atoms with Gasteiger partial charge in [-0.05, 0) is 31.1 Å². The lowest BCUT2D eigenvalue weighted by Crippen LogP contribution is -2.48. The second-order valence-corrected chi connectivity index (χ2v) is 9.59. The van der Waals surface area contributed by atoms with Gasteiger partial charge in [-0.1, -0.05) is 33.6 Å². The highest BCUT2D eigenvalue weighted by molar-refractivity contribution is 6.01. The van der Waals surface area contributed by atoms with Crippen LogP contribution in [0.3, 0.4) is 0 Å². The molecular weight excluding hydrogens is 382 g/mol. The first-order valence-corrected chi connectivity index (χ1v) is 10.9. The van der Waals surface area contributed by atoms with Crippen LogP contribution in [0.4, 0.5) is 5.82 Å². The van der Waals surface area contributed by atoms with Gasteiger partial charge in [0.25, 0.3) is 5.91 Å². The third-order valence-corrected chi connectivity index (χ3v) is 5.71. The summed E-state index contributed by atoms with van der Waals surface area (Å²) < 4.78 is 0. The predicted octanol–water partition coefficient (Wildman–Crippen LogP) is 2.76. The molecule has 2 aliphatic rings. The van der Waals surface area contributed by atoms with E-state index in [9.17, 15) is 14.4 Å². The largest absolute Gasteiger partial charge is 0.348 e. The molecule has 2 fully saturated rings. The SMILES string of the molecule is CC(C)(C)CC(=O)Nc1nccnc1C(=O)NC1CCN(C(=O)C2CCCC2)CC1. The average Bonchev–Trinajstić information content (AvgIpc) is 3.21. The molecule has 0 radical (unpaired) electrons. The van der Waals surface area contributed by atoms with Crippen molar-refractivity contribution in [2.45, 2.75) is 71.8 Å². The van der Waals surface area contributed by atoms with Gasteiger partial charge in [-0.3, -0.25) is 14.4 Å². The number of nitrogens with zero attached hydrogens (tertiary/aromatic N) is 3. The minimum Gasteiger partial charge on any atom is -0.348 e. The molecule has 164 valence electrons. The second kappa shape index (κ2) is 9.53. The fourth-order valence-corrected chi connectivity index (χ4v) is 4.18. The maximum absolute atomic E-state index is 12.8. The number of aromatic nitrogens is 2. The Bertz CT molecular complexity index is 775. The lowest BCUT2D eigenvalue weighted by molar-refractivity contribution is -0.136. The molecule has 3 amide bonds. The zero-order valence-electron chi connectivity index (χ0n) is 18.2. The van der Waals surface area contributed by atoms with E-state index in [0.29, 0.717) is 19.5 Å². The van der Waals surface area contributed by atoms with Gasteiger partial charge in [0.05, 0.1) is 0 Å². The van der Waals surface area contributed by atoms with Crippen molar-refractivity contribution in [3.05, 3.63) is 18.1 Å². The quantitative estimate of drug-likeness (QED) is 0.769. The van der Waals surface area contributed by atoms with E-state index in [4.69, 9.17) is 0 Å². The van der Waals surface area contributed by atoms with Crippen molar-refractivity contribution in [2.75, 3.05) is 18.4 Å². The van der Waals surface area contributed by atoms with E-state index in [-0.39, 0.29) is 46.6 Å². The number of amides is 3. The number of carbonyl (C=O) groups excluding carboxylic acids is 3. The Labute approximate surface area is 178 Å². The van der Waals surface area contributed by atoms with E-state index in [1.54, 1.807) is 0 Å². The van der Waals surface area contributed by atoms with E-state index in [0.717, 1.165) is 38.5 Å². The van der Waals surface area contributed by atoms with Crippen molar-refractivity contribution in [1.82, 2.24) is 20.2 Å². The van der Waals surface area contributed by atoms with Crippen molar-refractivity contribution >= 4 is 23.5 Å². The monoisotopic (exact) mass is 415 g/mol. The van der Waals surface area contributed by atoms with Crippen molar-refractivity contribution in [3.8, 4) is 0 Å². The molecule has 1 saturated carbocycles. The number of hydrogen-bond donors (Lipinski definition) is 2. The predicted molar refractivity (Wildman–Crippen MR) is 114 cm³/mol. The Morgan fingerprint density at radius 2 is 1.67 bits per heavy atom. The lowest BCUT2D eigenvalue weighted by Gasteiger charge is -2.34. The van der Waals surface area contributed by atoms with Crippen LogP contribution in [0, 0.1) is 11.3 Å². The third kappa shape index (κ3) is 6.00. The van der Waals surface area contributed by atoms with E-state index >= 15 is 0 Å². The van der Waals surface area contributed by atoms with Crippen LogP contribution in [0.2, 0.25) is 0 Å². The first-order valence-electron chi connectivity index (χ1n) is 10.9. The topological polar surface area (TPSA) is 104 Å². The Kier molecular flexibility index (Phi) is 7.05. The summed E-state index contributed by atoms with van der Waals surface area (Å²) in [5.41, 5.74) is -0.0530. The van der Waals surface area contributed by atoms with Gasteiger partial charge >= 0.3 is 0 Å². The number of carbonyl (C=O) groups is 3. The number of piperidine rings is 1. The molecule has 2 N–H and O–H groups in total. The normalized spacial score (nSPS) is 18.3. The molecule has 2 heterocycles. The van der Waals surface area contributed by atoms with Crippen LogP contribution in [0.5, 0.6) is 0 Å². The third-order valence-electron chi connectivity index (χ3n) is 5.71. The van der Waals surface area contributed by atoms with E-state index in [1.807, 2.05) is 25.7 Å². The summed E-state index contributed by atoms with van der Waals surface area (Å²) in [6, 6.07) is -0.0229. The van der Waals surface area contributed by atoms with Crippen molar-refractivity contribution in [2.24, 2.45) is 11.3 Å². The van der Waals surface area contributed by atoms with Crippen LogP contribution in [0.15, 0.2) is 12.4 Å². The molecule has 0 spiro atoms. The van der Waals surface area contributed by atoms with Gasteiger partial charge in [-0.2, -0.15) is 0 Å². The van der Waals surface area contributed by atoms with Crippen LogP contribution >= 0.6 is 0 Å². The van der Waals surface area contributed by atoms with Gasteiger partial charge in [0.1, 0.15) is 0 Å². The summed E-state index contributed by atoms with van der Waals surface area (Å²) >= 11 is 0. The van der Waals surface area contributed by atoms with E-state index in [1.165, 1.54) is 12.4 Å². The van der Waals surface area contributed by atoms with Gasteiger partial charge < -0.3 is 15.5 Å². The summed E-state index contributed by atoms with van der Waals surface area (Å²) in [7, 11) is 0. The van der Waals surface area contributed by atoms with Crippen molar-refractivity contribution in [1.29, 1.82) is 0 Å². The van der Waals surface area contributed by atoms with E-state index in [2.05, 4.69) is 20.6 Å². The summed E-state index contributed by atoms with van der Waals surface area (Å²) in [5, 5.41) is 5.71. The highest BCUT2D eigenvalue weighted by Gasteiger charge is 2.31. The standard InChI is InChI=1S/C22H33N5O3/c1-22(2,3)14-17(28)26-19-18(23-10-11-24-19)20(29)25-16-8-12-27(13-9-16)21(30)15-6-4-5-7-15/h10-11,15-16H,4-9,12-14H2,1-3H3,(H,25,29)(H,24,26,28). The Hall–Kier alpha value is -2.51. The van der Waals surface area contributed by atoms with Crippen LogP contribution in [-0.4, -0.2) is 51.7 Å². The highest BCUT2D eigenvalue weighted by Crippen LogP contribution is 2.27. The lowest BCUT2D eigenvalue weighted by atomic mass is 9.92. The molecule has 0 bridgehead atoms. The smallest absolute Gasteiger partial charge is 0.273 e. The van der Waals surface area contributed by atoms with E-state index < -0.39 is 0 Å². The number of nitrogens with one attached hydrogen (secondary N) is 2. The molecule has 1 aliphatic carbocycles. The molecule has 3 rings (SSSR count). The van der Waals surface area contributed by atoms with Gasteiger partial charge in [0.2, 0.25) is 11.8 Å². The number of rotatable bonds is 5. The van der Waals surface area contributed by atoms with Crippen LogP contribution in [0.1, 0.15) is 76.2 Å². The van der Waals surface area contributed by atoms with Gasteiger partial charge in [0.15, 0.2) is 11.5 Å². The fraction of sp³-hybridized carbons (Fsp3) is 0.682. The average molecular weight is 416 g/mol. The molecular formula is C22H33N5O3. The molecule has 30 heavy (non-hydrogen) atoms. The highest BCUT2D eigenvalue weighted by atomic mass is 16.2. The minimum absolute atomic E-state index is 0.0229. The molecule has 0 atom stereocenters. The first kappa shape index (κ1) is 22.2. The summed E-state index contributed by atoms with van der Waals surface area (Å²) in [6.07, 6.45) is 8.96. The maximum Gasteiger partial charge on any atom is 0.273 e. The second-order valence-electron chi connectivity index (χ2n) is 9.59. The Morgan fingerprint density at radius 3 is 2.30 bits per heavy atom. The number of likely N-dealkylation sites (tertiary alicyclic amines) is 1. The molecule has 1 aromatic heterocycles. The first-order chi connectivity index (χ1) is 14.2. The maximum atomic E-state index is 12.8. The Balaban J connectivity index is 1.54. The van der Waals surface area contributed by atoms with Gasteiger partial charge in [-0.15, -0.1) is 0 Å². The molecule has 0 unspecified atom stereocenters. The van der Waals surface area contributed by atoms with Crippen molar-refractivity contribution < 1.29 is 14.4 Å². The molecule has 1 aliphatic heterocycles. The molecule has 1 aromatic rings. The molecule has 8 heteroatoms. The van der Waals surface area contributed by atoms with Gasteiger partial charge in [0, 0.05) is 43.9 Å². The summed E-state index contributed by atoms with van der Waals surface area (Å²) in [4.78, 5) is 47.8. The molecule has 1 saturated heterocycles. The molecule has 0 aromatic carbocycles.